The van der Waals surface area contributed by atoms with Crippen molar-refractivity contribution in [2.45, 2.75) is 84.2 Å². The lowest BCUT2D eigenvalue weighted by molar-refractivity contribution is -0.296. The predicted molar refractivity (Wildman–Crippen MR) is 118 cm³/mol. The minimum absolute atomic E-state index is 0.00517. The van der Waals surface area contributed by atoms with Crippen LogP contribution in [0.15, 0.2) is 23.8 Å². The number of hydrogen-bond acceptors (Lipinski definition) is 5. The van der Waals surface area contributed by atoms with Gasteiger partial charge in [0.2, 0.25) is 5.79 Å². The third kappa shape index (κ3) is 2.47. The summed E-state index contributed by atoms with van der Waals surface area (Å²) in [5.74, 6) is 0.439. The number of fused-ring (bicyclic) bond motifs is 7. The van der Waals surface area contributed by atoms with Crippen molar-refractivity contribution in [3.8, 4) is 0 Å². The zero-order valence-corrected chi connectivity index (χ0v) is 19.7. The van der Waals surface area contributed by atoms with Gasteiger partial charge in [0.15, 0.2) is 5.78 Å². The van der Waals surface area contributed by atoms with Gasteiger partial charge in [0.25, 0.3) is 0 Å². The van der Waals surface area contributed by atoms with Gasteiger partial charge in [0.1, 0.15) is 6.10 Å². The molecule has 2 aliphatic heterocycles. The molecule has 174 valence electrons. The summed E-state index contributed by atoms with van der Waals surface area (Å²) in [4.78, 5) is 24.5. The Bertz CT molecular complexity index is 936. The Morgan fingerprint density at radius 1 is 1.09 bits per heavy atom. The van der Waals surface area contributed by atoms with Crippen LogP contribution in [0, 0.1) is 46.3 Å². The number of carbonyl (C=O) groups is 2. The molecule has 3 saturated carbocycles. The van der Waals surface area contributed by atoms with Crippen molar-refractivity contribution in [1.82, 2.24) is 0 Å². The van der Waals surface area contributed by atoms with Crippen LogP contribution in [0.4, 0.5) is 0 Å². The lowest BCUT2D eigenvalue weighted by Crippen LogP contribution is -2.58. The van der Waals surface area contributed by atoms with Crippen LogP contribution in [0.2, 0.25) is 0 Å². The quantitative estimate of drug-likeness (QED) is 0.572. The second-order valence-corrected chi connectivity index (χ2v) is 12.1. The fourth-order valence-corrected chi connectivity index (χ4v) is 9.25. The van der Waals surface area contributed by atoms with Gasteiger partial charge in [0.05, 0.1) is 12.0 Å². The molecule has 11 unspecified atom stereocenters. The number of esters is 1. The number of ketones is 1. The molecular weight excluding hydrogens is 404 g/mol. The van der Waals surface area contributed by atoms with E-state index in [4.69, 9.17) is 9.47 Å². The Hall–Kier alpha value is -1.46. The van der Waals surface area contributed by atoms with Crippen LogP contribution in [0.5, 0.6) is 0 Å². The SMILES string of the molecule is CC1CC(O)C2(OC1=O)OC1CC3C4CCC5=CC(=O)C=CC5(C)C4CCC3(C)C1C2C. The molecule has 32 heavy (non-hydrogen) atoms. The van der Waals surface area contributed by atoms with Crippen molar-refractivity contribution in [2.24, 2.45) is 46.3 Å². The molecular formula is C27H36O5. The average Bonchev–Trinajstić information content (AvgIpc) is 3.18. The summed E-state index contributed by atoms with van der Waals surface area (Å²) in [6.07, 6.45) is 10.9. The van der Waals surface area contributed by atoms with Crippen molar-refractivity contribution in [3.63, 3.8) is 0 Å². The third-order valence-corrected chi connectivity index (χ3v) is 10.9. The van der Waals surface area contributed by atoms with Crippen molar-refractivity contribution in [2.75, 3.05) is 0 Å². The molecule has 0 radical (unpaired) electrons. The molecule has 0 aromatic heterocycles. The van der Waals surface area contributed by atoms with E-state index in [2.05, 4.69) is 26.8 Å². The van der Waals surface area contributed by atoms with Crippen molar-refractivity contribution in [3.05, 3.63) is 23.8 Å². The first-order chi connectivity index (χ1) is 15.1. The Balaban J connectivity index is 1.31. The van der Waals surface area contributed by atoms with Crippen molar-refractivity contribution < 1.29 is 24.2 Å². The molecule has 6 aliphatic rings. The summed E-state index contributed by atoms with van der Waals surface area (Å²) in [6, 6.07) is 0. The minimum Gasteiger partial charge on any atom is -0.430 e. The highest BCUT2D eigenvalue weighted by atomic mass is 16.7. The Labute approximate surface area is 190 Å². The fraction of sp³-hybridized carbons (Fsp3) is 0.778. The van der Waals surface area contributed by atoms with E-state index in [1.807, 2.05) is 13.0 Å². The zero-order chi connectivity index (χ0) is 22.6. The average molecular weight is 441 g/mol. The third-order valence-electron chi connectivity index (χ3n) is 10.9. The summed E-state index contributed by atoms with van der Waals surface area (Å²) >= 11 is 0. The molecule has 2 saturated heterocycles. The number of rotatable bonds is 0. The number of ether oxygens (including phenoxy) is 2. The fourth-order valence-electron chi connectivity index (χ4n) is 9.25. The number of carbonyl (C=O) groups excluding carboxylic acids is 2. The predicted octanol–water partition coefficient (Wildman–Crippen LogP) is 4.20. The van der Waals surface area contributed by atoms with E-state index in [-0.39, 0.29) is 46.4 Å². The molecule has 1 spiro atoms. The van der Waals surface area contributed by atoms with Gasteiger partial charge in [-0.15, -0.1) is 0 Å². The van der Waals surface area contributed by atoms with Gasteiger partial charge < -0.3 is 14.6 Å². The van der Waals surface area contributed by atoms with E-state index in [9.17, 15) is 14.7 Å². The van der Waals surface area contributed by atoms with Crippen LogP contribution < -0.4 is 0 Å². The van der Waals surface area contributed by atoms with Crippen molar-refractivity contribution in [1.29, 1.82) is 0 Å². The second kappa shape index (κ2) is 6.56. The molecule has 5 nitrogen and oxygen atoms in total. The van der Waals surface area contributed by atoms with Crippen LogP contribution in [0.1, 0.15) is 66.2 Å². The lowest BCUT2D eigenvalue weighted by atomic mass is 9.47. The van der Waals surface area contributed by atoms with E-state index in [0.717, 1.165) is 32.1 Å². The minimum atomic E-state index is -1.18. The van der Waals surface area contributed by atoms with Crippen molar-refractivity contribution >= 4 is 11.8 Å². The number of aliphatic hydroxyl groups is 1. The highest BCUT2D eigenvalue weighted by Crippen LogP contribution is 2.70. The molecule has 5 fully saturated rings. The first kappa shape index (κ1) is 21.1. The first-order valence-electron chi connectivity index (χ1n) is 12.6. The molecule has 0 aromatic rings. The van der Waals surface area contributed by atoms with Gasteiger partial charge in [-0.25, -0.2) is 0 Å². The van der Waals surface area contributed by atoms with E-state index < -0.39 is 11.9 Å². The van der Waals surface area contributed by atoms with Crippen LogP contribution in [0.3, 0.4) is 0 Å². The maximum absolute atomic E-state index is 12.5. The molecule has 1 N–H and O–H groups in total. The number of aliphatic hydroxyl groups excluding tert-OH is 1. The maximum atomic E-state index is 12.5. The van der Waals surface area contributed by atoms with Crippen LogP contribution in [-0.4, -0.2) is 34.9 Å². The topological polar surface area (TPSA) is 72.8 Å². The Morgan fingerprint density at radius 2 is 1.88 bits per heavy atom. The second-order valence-electron chi connectivity index (χ2n) is 12.1. The van der Waals surface area contributed by atoms with E-state index in [1.54, 1.807) is 6.08 Å². The lowest BCUT2D eigenvalue weighted by Gasteiger charge is -2.57. The van der Waals surface area contributed by atoms with E-state index >= 15 is 0 Å². The number of hydrogen-bond donors (Lipinski definition) is 1. The van der Waals surface area contributed by atoms with E-state index in [1.165, 1.54) is 5.57 Å². The monoisotopic (exact) mass is 440 g/mol. The molecule has 0 bridgehead atoms. The summed E-state index contributed by atoms with van der Waals surface area (Å²) < 4.78 is 12.5. The van der Waals surface area contributed by atoms with Gasteiger partial charge in [-0.1, -0.05) is 39.3 Å². The largest absolute Gasteiger partial charge is 0.430 e. The summed E-state index contributed by atoms with van der Waals surface area (Å²) in [7, 11) is 0. The number of allylic oxidation sites excluding steroid dienone is 4. The molecule has 4 aliphatic carbocycles. The molecule has 0 amide bonds. The van der Waals surface area contributed by atoms with Gasteiger partial charge in [-0.2, -0.15) is 0 Å². The normalized spacial score (nSPS) is 56.2. The molecule has 5 heteroatoms. The summed E-state index contributed by atoms with van der Waals surface area (Å²) in [5, 5.41) is 11.0. The first-order valence-corrected chi connectivity index (χ1v) is 12.6. The van der Waals surface area contributed by atoms with E-state index in [0.29, 0.717) is 24.2 Å². The highest BCUT2D eigenvalue weighted by molar-refractivity contribution is 6.01. The molecule has 0 aromatic carbocycles. The molecule has 11 atom stereocenters. The van der Waals surface area contributed by atoms with Crippen LogP contribution in [0.25, 0.3) is 0 Å². The Morgan fingerprint density at radius 3 is 2.66 bits per heavy atom. The van der Waals surface area contributed by atoms with Gasteiger partial charge >= 0.3 is 5.97 Å². The van der Waals surface area contributed by atoms with Gasteiger partial charge in [-0.05, 0) is 79.8 Å². The maximum Gasteiger partial charge on any atom is 0.311 e. The molecule has 2 heterocycles. The molecule has 6 rings (SSSR count). The summed E-state index contributed by atoms with van der Waals surface area (Å²) in [5.41, 5.74) is 1.44. The van der Waals surface area contributed by atoms with Crippen LogP contribution >= 0.6 is 0 Å². The highest BCUT2D eigenvalue weighted by Gasteiger charge is 2.71. The Kier molecular flexibility index (Phi) is 4.33. The summed E-state index contributed by atoms with van der Waals surface area (Å²) in [6.45, 7) is 8.72. The standard InChI is InChI=1S/C27H36O5/c1-14-11-22(29)27(32-24(14)30)15(2)23-21(31-27)13-20-18-6-5-16-12-17(28)7-9-25(16,3)19(18)8-10-26(20,23)4/h7,9,12,14-15,18-23,29H,5-6,8,10-11,13H2,1-4H3. The van der Waals surface area contributed by atoms with Gasteiger partial charge in [-0.3, -0.25) is 9.59 Å². The zero-order valence-electron chi connectivity index (χ0n) is 19.7. The van der Waals surface area contributed by atoms with Crippen LogP contribution in [-0.2, 0) is 19.1 Å². The van der Waals surface area contributed by atoms with Gasteiger partial charge in [0, 0.05) is 11.3 Å². The smallest absolute Gasteiger partial charge is 0.311 e.